The first-order valence-corrected chi connectivity index (χ1v) is 7.14. The molecule has 2 atom stereocenters. The van der Waals surface area contributed by atoms with Gasteiger partial charge >= 0.3 is 0 Å². The highest BCUT2D eigenvalue weighted by Crippen LogP contribution is 2.31. The second kappa shape index (κ2) is 4.97. The van der Waals surface area contributed by atoms with Gasteiger partial charge in [0.1, 0.15) is 0 Å². The minimum Gasteiger partial charge on any atom is -0.338 e. The van der Waals surface area contributed by atoms with Gasteiger partial charge in [-0.1, -0.05) is 26.2 Å². The van der Waals surface area contributed by atoms with Crippen LogP contribution < -0.4 is 5.73 Å². The van der Waals surface area contributed by atoms with Crippen LogP contribution in [0.15, 0.2) is 0 Å². The third-order valence-electron chi connectivity index (χ3n) is 4.81. The zero-order valence-electron chi connectivity index (χ0n) is 11.2. The molecular weight excluding hydrogens is 212 g/mol. The first kappa shape index (κ1) is 12.9. The number of carbonyl (C=O) groups is 1. The van der Waals surface area contributed by atoms with Crippen molar-refractivity contribution < 1.29 is 4.79 Å². The van der Waals surface area contributed by atoms with Crippen LogP contribution in [0, 0.1) is 5.92 Å². The standard InChI is InChI=1S/C14H26N2O/c1-11-7-6-10-16(12(11)2)13(17)14(15)8-4-3-5-9-14/h11-12H,3-10,15H2,1-2H3. The van der Waals surface area contributed by atoms with E-state index < -0.39 is 5.54 Å². The van der Waals surface area contributed by atoms with Crippen molar-refractivity contribution in [3.8, 4) is 0 Å². The Bertz CT molecular complexity index is 284. The summed E-state index contributed by atoms with van der Waals surface area (Å²) in [7, 11) is 0. The summed E-state index contributed by atoms with van der Waals surface area (Å²) in [4.78, 5) is 14.7. The van der Waals surface area contributed by atoms with Crippen LogP contribution in [0.2, 0.25) is 0 Å². The maximum Gasteiger partial charge on any atom is 0.242 e. The predicted molar refractivity (Wildman–Crippen MR) is 69.6 cm³/mol. The van der Waals surface area contributed by atoms with Crippen molar-refractivity contribution >= 4 is 5.91 Å². The number of hydrogen-bond donors (Lipinski definition) is 1. The summed E-state index contributed by atoms with van der Waals surface area (Å²) in [5, 5.41) is 0. The summed E-state index contributed by atoms with van der Waals surface area (Å²) in [6, 6.07) is 0.360. The summed E-state index contributed by atoms with van der Waals surface area (Å²) in [6.45, 7) is 5.32. The van der Waals surface area contributed by atoms with Gasteiger partial charge in [0.2, 0.25) is 5.91 Å². The molecule has 2 N–H and O–H groups in total. The van der Waals surface area contributed by atoms with Crippen molar-refractivity contribution in [1.29, 1.82) is 0 Å². The van der Waals surface area contributed by atoms with Crippen molar-refractivity contribution in [2.45, 2.75) is 70.4 Å². The minimum atomic E-state index is -0.552. The summed E-state index contributed by atoms with van der Waals surface area (Å²) in [5.41, 5.74) is 5.80. The van der Waals surface area contributed by atoms with Gasteiger partial charge in [-0.3, -0.25) is 4.79 Å². The summed E-state index contributed by atoms with van der Waals surface area (Å²) in [6.07, 6.45) is 7.58. The van der Waals surface area contributed by atoms with E-state index in [1.165, 1.54) is 12.8 Å². The molecule has 0 aromatic heterocycles. The summed E-state index contributed by atoms with van der Waals surface area (Å²) < 4.78 is 0. The van der Waals surface area contributed by atoms with E-state index in [9.17, 15) is 4.79 Å². The van der Waals surface area contributed by atoms with E-state index in [-0.39, 0.29) is 5.91 Å². The molecule has 17 heavy (non-hydrogen) atoms. The molecule has 2 rings (SSSR count). The Hall–Kier alpha value is -0.570. The van der Waals surface area contributed by atoms with Gasteiger partial charge in [0.05, 0.1) is 5.54 Å². The van der Waals surface area contributed by atoms with Gasteiger partial charge in [-0.25, -0.2) is 0 Å². The van der Waals surface area contributed by atoms with E-state index in [0.29, 0.717) is 12.0 Å². The molecule has 0 radical (unpaired) electrons. The molecule has 1 saturated carbocycles. The molecule has 0 aromatic rings. The Morgan fingerprint density at radius 1 is 1.18 bits per heavy atom. The van der Waals surface area contributed by atoms with Crippen LogP contribution in [0.3, 0.4) is 0 Å². The minimum absolute atomic E-state index is 0.219. The molecule has 3 heteroatoms. The average molecular weight is 238 g/mol. The van der Waals surface area contributed by atoms with Crippen LogP contribution in [-0.2, 0) is 4.79 Å². The number of likely N-dealkylation sites (tertiary alicyclic amines) is 1. The first-order valence-electron chi connectivity index (χ1n) is 7.14. The zero-order chi connectivity index (χ0) is 12.5. The Kier molecular flexibility index (Phi) is 3.76. The van der Waals surface area contributed by atoms with Crippen LogP contribution >= 0.6 is 0 Å². The lowest BCUT2D eigenvalue weighted by atomic mass is 9.80. The smallest absolute Gasteiger partial charge is 0.242 e. The van der Waals surface area contributed by atoms with Gasteiger partial charge < -0.3 is 10.6 Å². The van der Waals surface area contributed by atoms with Crippen molar-refractivity contribution in [2.24, 2.45) is 11.7 Å². The Balaban J connectivity index is 2.07. The molecule has 98 valence electrons. The molecule has 1 saturated heterocycles. The normalized spacial score (nSPS) is 33.5. The van der Waals surface area contributed by atoms with Gasteiger partial charge in [-0.15, -0.1) is 0 Å². The fourth-order valence-electron chi connectivity index (χ4n) is 3.30. The Morgan fingerprint density at radius 3 is 2.47 bits per heavy atom. The number of piperidine rings is 1. The van der Waals surface area contributed by atoms with Gasteiger partial charge in [0, 0.05) is 12.6 Å². The third kappa shape index (κ3) is 2.49. The van der Waals surface area contributed by atoms with Gasteiger partial charge in [-0.2, -0.15) is 0 Å². The van der Waals surface area contributed by atoms with Crippen molar-refractivity contribution in [1.82, 2.24) is 4.90 Å². The van der Waals surface area contributed by atoms with Crippen molar-refractivity contribution in [2.75, 3.05) is 6.54 Å². The van der Waals surface area contributed by atoms with Gasteiger partial charge in [0.25, 0.3) is 0 Å². The predicted octanol–water partition coefficient (Wildman–Crippen LogP) is 2.29. The fourth-order valence-corrected chi connectivity index (χ4v) is 3.30. The third-order valence-corrected chi connectivity index (χ3v) is 4.81. The number of amides is 1. The maximum absolute atomic E-state index is 12.6. The quantitative estimate of drug-likeness (QED) is 0.762. The summed E-state index contributed by atoms with van der Waals surface area (Å²) >= 11 is 0. The molecule has 2 unspecified atom stereocenters. The highest BCUT2D eigenvalue weighted by Gasteiger charge is 2.41. The number of carbonyl (C=O) groups excluding carboxylic acids is 1. The van der Waals surface area contributed by atoms with E-state index >= 15 is 0 Å². The van der Waals surface area contributed by atoms with E-state index in [4.69, 9.17) is 5.73 Å². The highest BCUT2D eigenvalue weighted by atomic mass is 16.2. The average Bonchev–Trinajstić information content (AvgIpc) is 2.33. The number of nitrogens with zero attached hydrogens (tertiary/aromatic N) is 1. The monoisotopic (exact) mass is 238 g/mol. The second-order valence-corrected chi connectivity index (χ2v) is 6.08. The molecule has 2 fully saturated rings. The molecule has 1 amide bonds. The molecule has 0 bridgehead atoms. The van der Waals surface area contributed by atoms with E-state index in [1.54, 1.807) is 0 Å². The number of nitrogens with two attached hydrogens (primary N) is 1. The van der Waals surface area contributed by atoms with E-state index in [1.807, 2.05) is 0 Å². The SMILES string of the molecule is CC1CCCN(C(=O)C2(N)CCCCC2)C1C. The topological polar surface area (TPSA) is 46.3 Å². The van der Waals surface area contributed by atoms with E-state index in [2.05, 4.69) is 18.7 Å². The zero-order valence-corrected chi connectivity index (χ0v) is 11.2. The van der Waals surface area contributed by atoms with Gasteiger partial charge in [-0.05, 0) is 38.5 Å². The van der Waals surface area contributed by atoms with Crippen LogP contribution in [-0.4, -0.2) is 28.9 Å². The molecule has 1 aliphatic heterocycles. The molecule has 2 aliphatic rings. The molecular formula is C14H26N2O. The lowest BCUT2D eigenvalue weighted by Gasteiger charge is -2.43. The van der Waals surface area contributed by atoms with Gasteiger partial charge in [0.15, 0.2) is 0 Å². The van der Waals surface area contributed by atoms with Crippen molar-refractivity contribution in [3.63, 3.8) is 0 Å². The summed E-state index contributed by atoms with van der Waals surface area (Å²) in [5.74, 6) is 0.830. The molecule has 3 nitrogen and oxygen atoms in total. The van der Waals surface area contributed by atoms with Crippen LogP contribution in [0.4, 0.5) is 0 Å². The fraction of sp³-hybridized carbons (Fsp3) is 0.929. The van der Waals surface area contributed by atoms with Crippen molar-refractivity contribution in [3.05, 3.63) is 0 Å². The lowest BCUT2D eigenvalue weighted by molar-refractivity contribution is -0.143. The number of hydrogen-bond acceptors (Lipinski definition) is 2. The lowest BCUT2D eigenvalue weighted by Crippen LogP contribution is -2.60. The maximum atomic E-state index is 12.6. The number of rotatable bonds is 1. The molecule has 0 aromatic carbocycles. The van der Waals surface area contributed by atoms with E-state index in [0.717, 1.165) is 38.6 Å². The largest absolute Gasteiger partial charge is 0.338 e. The Labute approximate surface area is 105 Å². The highest BCUT2D eigenvalue weighted by molar-refractivity contribution is 5.86. The van der Waals surface area contributed by atoms with Crippen LogP contribution in [0.5, 0.6) is 0 Å². The van der Waals surface area contributed by atoms with Crippen LogP contribution in [0.25, 0.3) is 0 Å². The molecule has 0 spiro atoms. The second-order valence-electron chi connectivity index (χ2n) is 6.08. The molecule has 1 aliphatic carbocycles. The first-order chi connectivity index (χ1) is 8.04. The van der Waals surface area contributed by atoms with Crippen LogP contribution in [0.1, 0.15) is 58.8 Å². The Morgan fingerprint density at radius 2 is 1.82 bits per heavy atom. The molecule has 1 heterocycles.